The molecule has 0 saturated heterocycles. The number of rotatable bonds is 5. The minimum Gasteiger partial charge on any atom is -0.493 e. The Balaban J connectivity index is 1.78. The predicted molar refractivity (Wildman–Crippen MR) is 99.5 cm³/mol. The van der Waals surface area contributed by atoms with Crippen LogP contribution in [0.25, 0.3) is 11.3 Å². The number of methoxy groups -OCH3 is 2. The first-order chi connectivity index (χ1) is 12.1. The highest BCUT2D eigenvalue weighted by Crippen LogP contribution is 2.29. The number of nitrogen functional groups attached to an aromatic ring is 1. The summed E-state index contributed by atoms with van der Waals surface area (Å²) in [5.74, 6) is 0.793. The van der Waals surface area contributed by atoms with Crippen LogP contribution in [0.15, 0.2) is 47.8 Å². The molecule has 3 rings (SSSR count). The summed E-state index contributed by atoms with van der Waals surface area (Å²) in [4.78, 5) is 16.9. The number of carbonyl (C=O) groups excluding carboxylic acids is 1. The standard InChI is InChI=1S/C18H17N3O3S/c1-23-15-7-6-12(9-16(15)24-2)17(22)21-18-20-14(10-25-18)11-4-3-5-13(19)8-11/h3-10H,19H2,1-2H3,(H,20,21,22). The van der Waals surface area contributed by atoms with Gasteiger partial charge in [-0.25, -0.2) is 4.98 Å². The normalized spacial score (nSPS) is 10.3. The Morgan fingerprint density at radius 2 is 1.92 bits per heavy atom. The number of nitrogens with one attached hydrogen (secondary N) is 1. The monoisotopic (exact) mass is 355 g/mol. The molecule has 1 amide bonds. The molecule has 1 aromatic heterocycles. The molecule has 6 nitrogen and oxygen atoms in total. The van der Waals surface area contributed by atoms with Crippen molar-refractivity contribution < 1.29 is 14.3 Å². The first kappa shape index (κ1) is 16.8. The van der Waals surface area contributed by atoms with Crippen LogP contribution < -0.4 is 20.5 Å². The van der Waals surface area contributed by atoms with E-state index in [-0.39, 0.29) is 5.91 Å². The van der Waals surface area contributed by atoms with Crippen molar-refractivity contribution in [3.63, 3.8) is 0 Å². The summed E-state index contributed by atoms with van der Waals surface area (Å²) >= 11 is 1.35. The van der Waals surface area contributed by atoms with Crippen LogP contribution in [0.1, 0.15) is 10.4 Å². The van der Waals surface area contributed by atoms with E-state index in [0.717, 1.165) is 11.3 Å². The van der Waals surface area contributed by atoms with Crippen LogP contribution in [0.4, 0.5) is 10.8 Å². The van der Waals surface area contributed by atoms with E-state index in [1.807, 2.05) is 29.6 Å². The number of hydrogen-bond donors (Lipinski definition) is 2. The van der Waals surface area contributed by atoms with Crippen LogP contribution in [0.2, 0.25) is 0 Å². The molecule has 0 radical (unpaired) electrons. The maximum atomic E-state index is 12.4. The summed E-state index contributed by atoms with van der Waals surface area (Å²) in [6.45, 7) is 0. The Kier molecular flexibility index (Phi) is 4.85. The second-order valence-corrected chi connectivity index (χ2v) is 6.05. The molecule has 0 atom stereocenters. The molecule has 0 unspecified atom stereocenters. The molecular weight excluding hydrogens is 338 g/mol. The van der Waals surface area contributed by atoms with Crippen molar-refractivity contribution in [3.8, 4) is 22.8 Å². The predicted octanol–water partition coefficient (Wildman–Crippen LogP) is 3.66. The van der Waals surface area contributed by atoms with E-state index in [1.54, 1.807) is 25.3 Å². The van der Waals surface area contributed by atoms with E-state index in [0.29, 0.717) is 27.9 Å². The molecule has 0 aliphatic rings. The summed E-state index contributed by atoms with van der Waals surface area (Å²) in [5, 5.41) is 5.18. The van der Waals surface area contributed by atoms with Crippen LogP contribution in [-0.4, -0.2) is 25.1 Å². The van der Waals surface area contributed by atoms with Gasteiger partial charge in [0.1, 0.15) is 0 Å². The van der Waals surface area contributed by atoms with Crippen LogP contribution in [0, 0.1) is 0 Å². The Morgan fingerprint density at radius 1 is 1.12 bits per heavy atom. The van der Waals surface area contributed by atoms with E-state index in [1.165, 1.54) is 18.4 Å². The lowest BCUT2D eigenvalue weighted by Crippen LogP contribution is -2.12. The Morgan fingerprint density at radius 3 is 2.64 bits per heavy atom. The number of nitrogens with zero attached hydrogens (tertiary/aromatic N) is 1. The van der Waals surface area contributed by atoms with Gasteiger partial charge in [-0.2, -0.15) is 0 Å². The number of hydrogen-bond acceptors (Lipinski definition) is 6. The lowest BCUT2D eigenvalue weighted by molar-refractivity contribution is 0.102. The zero-order valence-electron chi connectivity index (χ0n) is 13.8. The first-order valence-electron chi connectivity index (χ1n) is 7.45. The molecule has 25 heavy (non-hydrogen) atoms. The van der Waals surface area contributed by atoms with Gasteiger partial charge in [-0.05, 0) is 30.3 Å². The third kappa shape index (κ3) is 3.72. The minimum absolute atomic E-state index is 0.269. The summed E-state index contributed by atoms with van der Waals surface area (Å²) in [7, 11) is 3.07. The quantitative estimate of drug-likeness (QED) is 0.682. The van der Waals surface area contributed by atoms with Crippen molar-refractivity contribution in [2.75, 3.05) is 25.3 Å². The van der Waals surface area contributed by atoms with E-state index in [2.05, 4.69) is 10.3 Å². The molecule has 1 heterocycles. The van der Waals surface area contributed by atoms with Gasteiger partial charge in [0.05, 0.1) is 19.9 Å². The van der Waals surface area contributed by atoms with E-state index < -0.39 is 0 Å². The van der Waals surface area contributed by atoms with Gasteiger partial charge in [-0.3, -0.25) is 10.1 Å². The zero-order valence-corrected chi connectivity index (χ0v) is 14.6. The van der Waals surface area contributed by atoms with E-state index in [9.17, 15) is 4.79 Å². The van der Waals surface area contributed by atoms with Crippen LogP contribution in [-0.2, 0) is 0 Å². The van der Waals surface area contributed by atoms with Gasteiger partial charge >= 0.3 is 0 Å². The second kappa shape index (κ2) is 7.23. The number of benzene rings is 2. The molecule has 3 N–H and O–H groups in total. The molecule has 0 spiro atoms. The lowest BCUT2D eigenvalue weighted by Gasteiger charge is -2.09. The molecule has 7 heteroatoms. The van der Waals surface area contributed by atoms with E-state index >= 15 is 0 Å². The minimum atomic E-state index is -0.269. The lowest BCUT2D eigenvalue weighted by atomic mass is 10.1. The smallest absolute Gasteiger partial charge is 0.257 e. The van der Waals surface area contributed by atoms with Gasteiger partial charge in [0.15, 0.2) is 16.6 Å². The van der Waals surface area contributed by atoms with Crippen molar-refractivity contribution >= 4 is 28.1 Å². The van der Waals surface area contributed by atoms with Crippen molar-refractivity contribution in [2.45, 2.75) is 0 Å². The van der Waals surface area contributed by atoms with Gasteiger partial charge in [-0.1, -0.05) is 12.1 Å². The summed E-state index contributed by atoms with van der Waals surface area (Å²) in [6, 6.07) is 12.4. The van der Waals surface area contributed by atoms with Crippen molar-refractivity contribution in [2.24, 2.45) is 0 Å². The topological polar surface area (TPSA) is 86.5 Å². The average molecular weight is 355 g/mol. The zero-order chi connectivity index (χ0) is 17.8. The third-order valence-corrected chi connectivity index (χ3v) is 4.31. The average Bonchev–Trinajstić information content (AvgIpc) is 3.09. The molecule has 0 saturated carbocycles. The van der Waals surface area contributed by atoms with Gasteiger partial charge in [0, 0.05) is 22.2 Å². The largest absolute Gasteiger partial charge is 0.493 e. The molecule has 3 aromatic rings. The molecule has 2 aromatic carbocycles. The third-order valence-electron chi connectivity index (χ3n) is 3.55. The summed E-state index contributed by atoms with van der Waals surface area (Å²) in [5.41, 5.74) is 8.59. The molecule has 128 valence electrons. The first-order valence-corrected chi connectivity index (χ1v) is 8.33. The van der Waals surface area contributed by atoms with Gasteiger partial charge < -0.3 is 15.2 Å². The molecular formula is C18H17N3O3S. The Bertz CT molecular complexity index is 908. The number of amides is 1. The number of nitrogens with two attached hydrogens (primary N) is 1. The summed E-state index contributed by atoms with van der Waals surface area (Å²) < 4.78 is 10.4. The van der Waals surface area contributed by atoms with Crippen LogP contribution in [0.3, 0.4) is 0 Å². The molecule has 0 aliphatic carbocycles. The molecule has 0 aliphatic heterocycles. The van der Waals surface area contributed by atoms with Crippen LogP contribution >= 0.6 is 11.3 Å². The fraction of sp³-hybridized carbons (Fsp3) is 0.111. The van der Waals surface area contributed by atoms with Crippen molar-refractivity contribution in [3.05, 3.63) is 53.4 Å². The Hall–Kier alpha value is -3.06. The van der Waals surface area contributed by atoms with E-state index in [4.69, 9.17) is 15.2 Å². The van der Waals surface area contributed by atoms with Crippen LogP contribution in [0.5, 0.6) is 11.5 Å². The highest BCUT2D eigenvalue weighted by molar-refractivity contribution is 7.14. The number of carbonyl (C=O) groups is 1. The maximum absolute atomic E-state index is 12.4. The molecule has 0 fully saturated rings. The number of aromatic nitrogens is 1. The summed E-state index contributed by atoms with van der Waals surface area (Å²) in [6.07, 6.45) is 0. The van der Waals surface area contributed by atoms with Gasteiger partial charge in [0.2, 0.25) is 0 Å². The SMILES string of the molecule is COc1ccc(C(=O)Nc2nc(-c3cccc(N)c3)cs2)cc1OC. The van der Waals surface area contributed by atoms with Crippen molar-refractivity contribution in [1.82, 2.24) is 4.98 Å². The number of anilines is 2. The highest BCUT2D eigenvalue weighted by atomic mass is 32.1. The van der Waals surface area contributed by atoms with Crippen molar-refractivity contribution in [1.29, 1.82) is 0 Å². The highest BCUT2D eigenvalue weighted by Gasteiger charge is 2.13. The van der Waals surface area contributed by atoms with Gasteiger partial charge in [0.25, 0.3) is 5.91 Å². The Labute approximate surface area is 149 Å². The maximum Gasteiger partial charge on any atom is 0.257 e. The fourth-order valence-electron chi connectivity index (χ4n) is 2.31. The number of ether oxygens (including phenoxy) is 2. The second-order valence-electron chi connectivity index (χ2n) is 5.19. The number of thiazole rings is 1. The molecule has 0 bridgehead atoms. The fourth-order valence-corrected chi connectivity index (χ4v) is 3.02. The van der Waals surface area contributed by atoms with Gasteiger partial charge in [-0.15, -0.1) is 11.3 Å².